The lowest BCUT2D eigenvalue weighted by atomic mass is 9.32. The van der Waals surface area contributed by atoms with Gasteiger partial charge in [-0.3, -0.25) is 4.79 Å². The van der Waals surface area contributed by atoms with E-state index in [4.69, 9.17) is 0 Å². The molecular weight excluding hydrogens is 456 g/mol. The van der Waals surface area contributed by atoms with Gasteiger partial charge in [0, 0.05) is 11.3 Å². The average Bonchev–Trinajstić information content (AvgIpc) is 2.79. The Balaban J connectivity index is 1.67. The van der Waals surface area contributed by atoms with Crippen LogP contribution >= 0.6 is 0 Å². The van der Waals surface area contributed by atoms with Crippen molar-refractivity contribution in [2.24, 2.45) is 50.7 Å². The molecule has 5 aliphatic carbocycles. The van der Waals surface area contributed by atoms with Crippen LogP contribution in [0.15, 0.2) is 11.6 Å². The minimum absolute atomic E-state index is 0.00890. The third-order valence-electron chi connectivity index (χ3n) is 13.6. The number of rotatable bonds is 1. The molecule has 0 saturated heterocycles. The topological polar surface area (TPSA) is 118 Å². The predicted molar refractivity (Wildman–Crippen MR) is 137 cm³/mol. The van der Waals surface area contributed by atoms with E-state index in [1.54, 1.807) is 0 Å². The van der Waals surface area contributed by atoms with Crippen LogP contribution in [-0.2, 0) is 4.79 Å². The molecule has 0 spiro atoms. The van der Waals surface area contributed by atoms with E-state index in [0.29, 0.717) is 25.7 Å². The molecule has 6 nitrogen and oxygen atoms in total. The Morgan fingerprint density at radius 1 is 0.889 bits per heavy atom. The summed E-state index contributed by atoms with van der Waals surface area (Å²) in [7, 11) is 0. The van der Waals surface area contributed by atoms with Gasteiger partial charge in [0.2, 0.25) is 0 Å². The molecule has 5 aliphatic rings. The highest BCUT2D eigenvalue weighted by atomic mass is 16.4. The molecule has 0 aromatic carbocycles. The van der Waals surface area contributed by atoms with Crippen molar-refractivity contribution < 1.29 is 30.3 Å². The van der Waals surface area contributed by atoms with Crippen molar-refractivity contribution in [3.05, 3.63) is 11.6 Å². The summed E-state index contributed by atoms with van der Waals surface area (Å²) >= 11 is 0. The average molecular weight is 505 g/mol. The maximum absolute atomic E-state index is 12.8. The molecule has 0 bridgehead atoms. The number of carboxylic acids is 1. The fourth-order valence-corrected chi connectivity index (χ4v) is 10.9. The molecule has 0 amide bonds. The summed E-state index contributed by atoms with van der Waals surface area (Å²) in [5.41, 5.74) is -2.63. The molecule has 6 heteroatoms. The number of hydrogen-bond acceptors (Lipinski definition) is 5. The third-order valence-corrected chi connectivity index (χ3v) is 13.6. The summed E-state index contributed by atoms with van der Waals surface area (Å²) in [6.45, 7) is 14.7. The van der Waals surface area contributed by atoms with Crippen molar-refractivity contribution in [1.29, 1.82) is 0 Å². The van der Waals surface area contributed by atoms with Crippen molar-refractivity contribution in [3.63, 3.8) is 0 Å². The van der Waals surface area contributed by atoms with Gasteiger partial charge < -0.3 is 25.5 Å². The molecule has 5 N–H and O–H groups in total. The van der Waals surface area contributed by atoms with E-state index >= 15 is 0 Å². The van der Waals surface area contributed by atoms with Gasteiger partial charge in [0.05, 0.1) is 23.2 Å². The zero-order valence-corrected chi connectivity index (χ0v) is 23.2. The van der Waals surface area contributed by atoms with Gasteiger partial charge in [-0.25, -0.2) is 0 Å². The molecule has 36 heavy (non-hydrogen) atoms. The number of fused-ring (bicyclic) bond motifs is 7. The Morgan fingerprint density at radius 2 is 1.53 bits per heavy atom. The van der Waals surface area contributed by atoms with Crippen LogP contribution in [0.3, 0.4) is 0 Å². The van der Waals surface area contributed by atoms with E-state index in [9.17, 15) is 30.3 Å². The third kappa shape index (κ3) is 2.80. The van der Waals surface area contributed by atoms with E-state index in [1.807, 2.05) is 27.7 Å². The first kappa shape index (κ1) is 26.6. The van der Waals surface area contributed by atoms with E-state index in [0.717, 1.165) is 24.8 Å². The quantitative estimate of drug-likeness (QED) is 0.343. The van der Waals surface area contributed by atoms with Gasteiger partial charge in [0.25, 0.3) is 0 Å². The second kappa shape index (κ2) is 7.58. The highest BCUT2D eigenvalue weighted by Gasteiger charge is 2.73. The molecule has 3 unspecified atom stereocenters. The minimum Gasteiger partial charge on any atom is -0.481 e. The number of aliphatic hydroxyl groups excluding tert-OH is 3. The minimum atomic E-state index is -1.20. The Hall–Kier alpha value is -0.950. The van der Waals surface area contributed by atoms with Crippen molar-refractivity contribution in [1.82, 2.24) is 0 Å². The molecular formula is C30H48O6. The largest absolute Gasteiger partial charge is 0.481 e. The van der Waals surface area contributed by atoms with Crippen LogP contribution in [0.1, 0.15) is 93.4 Å². The number of aliphatic hydroxyl groups is 4. The van der Waals surface area contributed by atoms with Gasteiger partial charge in [0.15, 0.2) is 0 Å². The number of carbonyl (C=O) groups is 1. The number of carboxylic acid groups (broad SMARTS) is 1. The van der Waals surface area contributed by atoms with Gasteiger partial charge >= 0.3 is 5.97 Å². The standard InChI is InChI=1S/C30H48O6/c1-16-10-13-30(24(34)35)15-14-26(4)17(21(30)29(16,7)36)8-9-19-27(26,5)12-11-18-25(2,3)22(32)20(31)23(33)28(18,19)6/h8,16,18-23,31-33,36H,9-15H2,1-7H3,(H,34,35)/t16-,18?,19?,20+,21?,22+,23+,26-,27-,28+,29-,30+/m0/s1. The lowest BCUT2D eigenvalue weighted by molar-refractivity contribution is -0.279. The molecule has 0 heterocycles. The lowest BCUT2D eigenvalue weighted by Gasteiger charge is -2.72. The SMILES string of the molecule is C[C@H]1CC[C@@]2(C(=O)O)CC[C@@]3(C)C(=CCC4[C@@]5(C)C(CC[C@@]43C)C(C)(C)[C@H](O)[C@@H](O)[C@H]5O)C2[C@@]1(C)O. The Labute approximate surface area is 216 Å². The van der Waals surface area contributed by atoms with E-state index in [1.165, 1.54) is 0 Å². The molecule has 12 atom stereocenters. The van der Waals surface area contributed by atoms with Crippen LogP contribution in [0, 0.1) is 50.7 Å². The summed E-state index contributed by atoms with van der Waals surface area (Å²) in [4.78, 5) is 12.8. The molecule has 0 radical (unpaired) electrons. The fourth-order valence-electron chi connectivity index (χ4n) is 10.9. The van der Waals surface area contributed by atoms with Gasteiger partial charge in [-0.1, -0.05) is 53.2 Å². The van der Waals surface area contributed by atoms with Crippen molar-refractivity contribution >= 4 is 5.97 Å². The van der Waals surface area contributed by atoms with Crippen LogP contribution < -0.4 is 0 Å². The molecule has 4 fully saturated rings. The van der Waals surface area contributed by atoms with Crippen LogP contribution in [0.2, 0.25) is 0 Å². The van der Waals surface area contributed by atoms with Crippen molar-refractivity contribution in [2.45, 2.75) is 117 Å². The normalized spacial score (nSPS) is 58.0. The van der Waals surface area contributed by atoms with E-state index in [2.05, 4.69) is 26.8 Å². The fraction of sp³-hybridized carbons (Fsp3) is 0.900. The van der Waals surface area contributed by atoms with Crippen LogP contribution in [-0.4, -0.2) is 55.4 Å². The van der Waals surface area contributed by atoms with Crippen LogP contribution in [0.4, 0.5) is 0 Å². The second-order valence-electron chi connectivity index (χ2n) is 14.9. The smallest absolute Gasteiger partial charge is 0.310 e. The maximum atomic E-state index is 12.8. The number of hydrogen-bond donors (Lipinski definition) is 5. The maximum Gasteiger partial charge on any atom is 0.310 e. The molecule has 0 aromatic rings. The summed E-state index contributed by atoms with van der Waals surface area (Å²) in [6.07, 6.45) is 4.02. The molecule has 0 aliphatic heterocycles. The Bertz CT molecular complexity index is 986. The van der Waals surface area contributed by atoms with Gasteiger partial charge in [0.1, 0.15) is 6.10 Å². The van der Waals surface area contributed by atoms with E-state index in [-0.39, 0.29) is 28.6 Å². The molecule has 204 valence electrons. The predicted octanol–water partition coefficient (Wildman–Crippen LogP) is 4.15. The van der Waals surface area contributed by atoms with Crippen LogP contribution in [0.5, 0.6) is 0 Å². The summed E-state index contributed by atoms with van der Waals surface area (Å²) in [6, 6.07) is 0. The summed E-state index contributed by atoms with van der Waals surface area (Å²) in [5, 5.41) is 55.9. The highest BCUT2D eigenvalue weighted by Crippen LogP contribution is 2.76. The van der Waals surface area contributed by atoms with Crippen molar-refractivity contribution in [2.75, 3.05) is 0 Å². The molecule has 0 aromatic heterocycles. The Morgan fingerprint density at radius 3 is 2.14 bits per heavy atom. The zero-order chi connectivity index (χ0) is 26.9. The lowest BCUT2D eigenvalue weighted by Crippen LogP contribution is -2.72. The number of aliphatic carboxylic acids is 1. The molecule has 5 rings (SSSR count). The van der Waals surface area contributed by atoms with Gasteiger partial charge in [-0.2, -0.15) is 0 Å². The summed E-state index contributed by atoms with van der Waals surface area (Å²) in [5.74, 6) is -1.10. The summed E-state index contributed by atoms with van der Waals surface area (Å²) < 4.78 is 0. The van der Waals surface area contributed by atoms with Crippen molar-refractivity contribution in [3.8, 4) is 0 Å². The second-order valence-corrected chi connectivity index (χ2v) is 14.9. The Kier molecular flexibility index (Phi) is 5.61. The highest BCUT2D eigenvalue weighted by molar-refractivity contribution is 5.77. The first-order valence-corrected chi connectivity index (χ1v) is 14.1. The van der Waals surface area contributed by atoms with Crippen LogP contribution in [0.25, 0.3) is 0 Å². The zero-order valence-electron chi connectivity index (χ0n) is 23.2. The monoisotopic (exact) mass is 504 g/mol. The molecule has 4 saturated carbocycles. The van der Waals surface area contributed by atoms with Gasteiger partial charge in [-0.05, 0) is 85.9 Å². The number of allylic oxidation sites excluding steroid dienone is 1. The first-order chi connectivity index (χ1) is 16.4. The first-order valence-electron chi connectivity index (χ1n) is 14.1. The van der Waals surface area contributed by atoms with E-state index < -0.39 is 52.0 Å². The van der Waals surface area contributed by atoms with Gasteiger partial charge in [-0.15, -0.1) is 0 Å².